The maximum atomic E-state index is 11.6. The van der Waals surface area contributed by atoms with Gasteiger partial charge >= 0.3 is 5.97 Å². The third-order valence-corrected chi connectivity index (χ3v) is 2.30. The molecule has 15 heavy (non-hydrogen) atoms. The van der Waals surface area contributed by atoms with Gasteiger partial charge in [0.05, 0.1) is 5.54 Å². The molecule has 0 bridgehead atoms. The van der Waals surface area contributed by atoms with Crippen LogP contribution in [0.2, 0.25) is 0 Å². The summed E-state index contributed by atoms with van der Waals surface area (Å²) in [6.45, 7) is 5.24. The summed E-state index contributed by atoms with van der Waals surface area (Å²) < 4.78 is 0. The largest absolute Gasteiger partial charge is 0.480 e. The van der Waals surface area contributed by atoms with Crippen molar-refractivity contribution in [2.24, 2.45) is 5.73 Å². The molecule has 0 saturated carbocycles. The highest BCUT2D eigenvalue weighted by atomic mass is 16.4. The van der Waals surface area contributed by atoms with E-state index in [0.29, 0.717) is 12.8 Å². The van der Waals surface area contributed by atoms with Crippen molar-refractivity contribution in [2.45, 2.75) is 51.6 Å². The quantitative estimate of drug-likeness (QED) is 0.602. The van der Waals surface area contributed by atoms with Crippen molar-refractivity contribution in [1.82, 2.24) is 5.32 Å². The molecule has 4 N–H and O–H groups in total. The number of aliphatic carboxylic acids is 1. The minimum atomic E-state index is -1.03. The first-order valence-corrected chi connectivity index (χ1v) is 5.17. The Labute approximate surface area is 90.0 Å². The molecule has 5 heteroatoms. The number of carboxylic acid groups (broad SMARTS) is 1. The molecule has 88 valence electrons. The van der Waals surface area contributed by atoms with Gasteiger partial charge in [0.15, 0.2) is 0 Å². The van der Waals surface area contributed by atoms with Crippen LogP contribution in [0.25, 0.3) is 0 Å². The van der Waals surface area contributed by atoms with Gasteiger partial charge in [0.25, 0.3) is 0 Å². The Hall–Kier alpha value is -1.10. The highest BCUT2D eigenvalue weighted by molar-refractivity contribution is 5.89. The monoisotopic (exact) mass is 216 g/mol. The van der Waals surface area contributed by atoms with E-state index in [1.54, 1.807) is 13.8 Å². The molecule has 0 radical (unpaired) electrons. The smallest absolute Gasteiger partial charge is 0.326 e. The van der Waals surface area contributed by atoms with Crippen molar-refractivity contribution < 1.29 is 14.7 Å². The van der Waals surface area contributed by atoms with Gasteiger partial charge in [0.1, 0.15) is 6.04 Å². The van der Waals surface area contributed by atoms with Crippen LogP contribution in [0.15, 0.2) is 0 Å². The molecule has 0 spiro atoms. The zero-order valence-corrected chi connectivity index (χ0v) is 9.54. The van der Waals surface area contributed by atoms with Crippen LogP contribution in [-0.4, -0.2) is 28.6 Å². The summed E-state index contributed by atoms with van der Waals surface area (Å²) in [5.41, 5.74) is 4.78. The van der Waals surface area contributed by atoms with E-state index >= 15 is 0 Å². The van der Waals surface area contributed by atoms with E-state index in [1.165, 1.54) is 0 Å². The van der Waals surface area contributed by atoms with E-state index in [1.807, 2.05) is 6.92 Å². The first-order valence-electron chi connectivity index (χ1n) is 5.17. The van der Waals surface area contributed by atoms with Crippen molar-refractivity contribution in [1.29, 1.82) is 0 Å². The molecule has 0 saturated heterocycles. The topological polar surface area (TPSA) is 92.4 Å². The summed E-state index contributed by atoms with van der Waals surface area (Å²) in [5, 5.41) is 11.2. The van der Waals surface area contributed by atoms with Crippen LogP contribution in [0.1, 0.15) is 40.0 Å². The molecule has 0 aromatic heterocycles. The number of carbonyl (C=O) groups excluding carboxylic acids is 1. The van der Waals surface area contributed by atoms with Gasteiger partial charge < -0.3 is 16.2 Å². The molecule has 0 rings (SSSR count). The molecule has 0 heterocycles. The molecule has 0 aliphatic carbocycles. The van der Waals surface area contributed by atoms with E-state index in [0.717, 1.165) is 6.42 Å². The van der Waals surface area contributed by atoms with Gasteiger partial charge in [-0.2, -0.15) is 0 Å². The summed E-state index contributed by atoms with van der Waals surface area (Å²) in [5.74, 6) is -1.43. The number of nitrogens with two attached hydrogens (primary N) is 1. The lowest BCUT2D eigenvalue weighted by Gasteiger charge is -2.24. The fourth-order valence-corrected chi connectivity index (χ4v) is 1.29. The van der Waals surface area contributed by atoms with Gasteiger partial charge in [0, 0.05) is 0 Å². The molecular weight excluding hydrogens is 196 g/mol. The number of hydrogen-bond donors (Lipinski definition) is 3. The third-order valence-electron chi connectivity index (χ3n) is 2.30. The van der Waals surface area contributed by atoms with Crippen LogP contribution in [-0.2, 0) is 9.59 Å². The number of carbonyl (C=O) groups is 2. The van der Waals surface area contributed by atoms with Crippen LogP contribution in [0.4, 0.5) is 0 Å². The highest BCUT2D eigenvalue weighted by Gasteiger charge is 2.30. The third kappa shape index (κ3) is 4.29. The lowest BCUT2D eigenvalue weighted by molar-refractivity contribution is -0.142. The molecule has 1 amide bonds. The van der Waals surface area contributed by atoms with Gasteiger partial charge in [-0.3, -0.25) is 4.79 Å². The number of nitrogens with one attached hydrogen (secondary N) is 1. The maximum Gasteiger partial charge on any atom is 0.326 e. The van der Waals surface area contributed by atoms with Crippen molar-refractivity contribution >= 4 is 11.9 Å². The fourth-order valence-electron chi connectivity index (χ4n) is 1.29. The van der Waals surface area contributed by atoms with Crippen molar-refractivity contribution in [3.8, 4) is 0 Å². The Morgan fingerprint density at radius 1 is 1.47 bits per heavy atom. The summed E-state index contributed by atoms with van der Waals surface area (Å²) >= 11 is 0. The second-order valence-electron chi connectivity index (χ2n) is 3.94. The second-order valence-corrected chi connectivity index (χ2v) is 3.94. The fraction of sp³-hybridized carbons (Fsp3) is 0.800. The normalized spacial score (nSPS) is 16.5. The van der Waals surface area contributed by atoms with E-state index in [4.69, 9.17) is 10.8 Å². The van der Waals surface area contributed by atoms with Crippen LogP contribution in [0, 0.1) is 0 Å². The van der Waals surface area contributed by atoms with Crippen LogP contribution >= 0.6 is 0 Å². The van der Waals surface area contributed by atoms with E-state index < -0.39 is 23.5 Å². The zero-order valence-electron chi connectivity index (χ0n) is 9.54. The molecule has 0 aromatic rings. The van der Waals surface area contributed by atoms with Gasteiger partial charge in [-0.15, -0.1) is 0 Å². The predicted octanol–water partition coefficient (Wildman–Crippen LogP) is 0.483. The average Bonchev–Trinajstić information content (AvgIpc) is 2.12. The van der Waals surface area contributed by atoms with Crippen molar-refractivity contribution in [3.05, 3.63) is 0 Å². The number of carboxylic acids is 1. The van der Waals surface area contributed by atoms with Crippen LogP contribution < -0.4 is 11.1 Å². The Kier molecular flexibility index (Phi) is 5.28. The number of hydrogen-bond acceptors (Lipinski definition) is 3. The first-order chi connectivity index (χ1) is 6.85. The van der Waals surface area contributed by atoms with E-state index in [9.17, 15) is 9.59 Å². The van der Waals surface area contributed by atoms with Crippen LogP contribution in [0.5, 0.6) is 0 Å². The molecule has 5 nitrogen and oxygen atoms in total. The lowest BCUT2D eigenvalue weighted by atomic mass is 9.96. The summed E-state index contributed by atoms with van der Waals surface area (Å²) in [7, 11) is 0. The molecule has 0 aliphatic rings. The van der Waals surface area contributed by atoms with Crippen molar-refractivity contribution in [2.75, 3.05) is 0 Å². The molecular formula is C10H20N2O3. The Morgan fingerprint density at radius 2 is 2.00 bits per heavy atom. The highest BCUT2D eigenvalue weighted by Crippen LogP contribution is 2.09. The Bertz CT molecular complexity index is 239. The molecule has 2 atom stereocenters. The van der Waals surface area contributed by atoms with Gasteiger partial charge in [-0.25, -0.2) is 4.79 Å². The average molecular weight is 216 g/mol. The zero-order chi connectivity index (χ0) is 12.1. The Balaban J connectivity index is 4.40. The first kappa shape index (κ1) is 13.9. The second kappa shape index (κ2) is 5.70. The number of amides is 1. The lowest BCUT2D eigenvalue weighted by Crippen LogP contribution is -2.55. The summed E-state index contributed by atoms with van der Waals surface area (Å²) in [4.78, 5) is 22.3. The van der Waals surface area contributed by atoms with E-state index in [2.05, 4.69) is 5.32 Å². The SMILES string of the molecule is CCCC(C)(N)C(=O)NC(CC)C(=O)O. The molecule has 0 aromatic carbocycles. The minimum Gasteiger partial charge on any atom is -0.480 e. The Morgan fingerprint density at radius 3 is 2.33 bits per heavy atom. The number of rotatable bonds is 6. The summed E-state index contributed by atoms with van der Waals surface area (Å²) in [6, 6.07) is -0.850. The van der Waals surface area contributed by atoms with Gasteiger partial charge in [-0.1, -0.05) is 20.3 Å². The maximum absolute atomic E-state index is 11.6. The van der Waals surface area contributed by atoms with Gasteiger partial charge in [-0.05, 0) is 19.8 Å². The standard InChI is InChI=1S/C10H20N2O3/c1-4-6-10(3,11)9(15)12-7(5-2)8(13)14/h7H,4-6,11H2,1-3H3,(H,12,15)(H,13,14). The van der Waals surface area contributed by atoms with Crippen LogP contribution in [0.3, 0.4) is 0 Å². The summed E-state index contributed by atoms with van der Waals surface area (Å²) in [6.07, 6.45) is 1.67. The van der Waals surface area contributed by atoms with E-state index in [-0.39, 0.29) is 0 Å². The minimum absolute atomic E-state index is 0.350. The molecule has 2 unspecified atom stereocenters. The van der Waals surface area contributed by atoms with Gasteiger partial charge in [0.2, 0.25) is 5.91 Å². The van der Waals surface area contributed by atoms with Crippen molar-refractivity contribution in [3.63, 3.8) is 0 Å². The molecule has 0 fully saturated rings. The molecule has 0 aliphatic heterocycles. The predicted molar refractivity (Wildman–Crippen MR) is 57.4 cm³/mol.